The quantitative estimate of drug-likeness (QED) is 0.177. The largest absolute Gasteiger partial charge is 0.396 e. The second kappa shape index (κ2) is 12.3. The van der Waals surface area contributed by atoms with E-state index in [9.17, 15) is 18.3 Å². The summed E-state index contributed by atoms with van der Waals surface area (Å²) in [7, 11) is -3.84. The van der Waals surface area contributed by atoms with Crippen LogP contribution in [0.3, 0.4) is 0 Å². The monoisotopic (exact) mass is 604 g/mol. The molecule has 1 heterocycles. The Hall–Kier alpha value is -4.46. The number of hydrogen-bond acceptors (Lipinski definition) is 4. The van der Waals surface area contributed by atoms with Gasteiger partial charge < -0.3 is 10.0 Å². The van der Waals surface area contributed by atoms with Gasteiger partial charge in [-0.05, 0) is 61.1 Å². The second-order valence-electron chi connectivity index (χ2n) is 11.5. The van der Waals surface area contributed by atoms with E-state index in [1.807, 2.05) is 36.1 Å². The molecule has 1 amide bonds. The molecule has 7 heteroatoms. The normalized spacial score (nSPS) is 15.9. The molecular weight excluding hydrogens is 568 g/mol. The number of amides is 1. The molecule has 5 aromatic rings. The molecule has 0 radical (unpaired) electrons. The number of carbonyl (C=O) groups excluding carboxylic acids is 1. The van der Waals surface area contributed by atoms with Crippen molar-refractivity contribution in [1.82, 2.24) is 8.87 Å². The van der Waals surface area contributed by atoms with Crippen LogP contribution in [0.1, 0.15) is 35.1 Å². The van der Waals surface area contributed by atoms with Crippen LogP contribution in [0.2, 0.25) is 0 Å². The lowest BCUT2D eigenvalue weighted by Crippen LogP contribution is -2.34. The molecule has 1 N–H and O–H groups in total. The Bertz CT molecular complexity index is 1860. The summed E-state index contributed by atoms with van der Waals surface area (Å²) in [6.07, 6.45) is 6.21. The predicted molar refractivity (Wildman–Crippen MR) is 175 cm³/mol. The fourth-order valence-electron chi connectivity index (χ4n) is 6.31. The molecule has 1 unspecified atom stereocenters. The van der Waals surface area contributed by atoms with E-state index >= 15 is 0 Å². The average Bonchev–Trinajstić information content (AvgIpc) is 3.66. The highest BCUT2D eigenvalue weighted by Gasteiger charge is 2.56. The smallest absolute Gasteiger partial charge is 0.268 e. The van der Waals surface area contributed by atoms with Gasteiger partial charge in [0.15, 0.2) is 0 Å². The minimum absolute atomic E-state index is 0.00890. The van der Waals surface area contributed by atoms with Crippen LogP contribution in [0.15, 0.2) is 126 Å². The van der Waals surface area contributed by atoms with Crippen molar-refractivity contribution in [3.05, 3.63) is 144 Å². The van der Waals surface area contributed by atoms with E-state index in [1.165, 1.54) is 21.2 Å². The minimum atomic E-state index is -3.84. The van der Waals surface area contributed by atoms with Crippen molar-refractivity contribution in [3.8, 4) is 0 Å². The van der Waals surface area contributed by atoms with Crippen LogP contribution in [0.4, 0.5) is 0 Å². The number of rotatable bonds is 11. The molecule has 0 bridgehead atoms. The van der Waals surface area contributed by atoms with E-state index < -0.39 is 10.0 Å². The van der Waals surface area contributed by atoms with E-state index in [1.54, 1.807) is 48.7 Å². The van der Waals surface area contributed by atoms with Crippen LogP contribution >= 0.6 is 0 Å². The lowest BCUT2D eigenvalue weighted by atomic mass is 9.85. The van der Waals surface area contributed by atoms with Crippen LogP contribution in [-0.4, -0.2) is 48.0 Å². The van der Waals surface area contributed by atoms with Crippen molar-refractivity contribution in [2.45, 2.75) is 30.1 Å². The Balaban J connectivity index is 1.28. The zero-order valence-corrected chi connectivity index (χ0v) is 25.5. The molecule has 6 rings (SSSR count). The fourth-order valence-corrected chi connectivity index (χ4v) is 7.69. The Kier molecular flexibility index (Phi) is 8.25. The molecule has 1 aliphatic rings. The summed E-state index contributed by atoms with van der Waals surface area (Å²) in [5.74, 6) is 0.0588. The summed E-state index contributed by atoms with van der Waals surface area (Å²) in [6.45, 7) is 2.89. The summed E-state index contributed by atoms with van der Waals surface area (Å²) in [6, 6.07) is 35.0. The molecule has 1 aliphatic carbocycles. The molecule has 1 saturated carbocycles. The number of aliphatic hydroxyl groups excluding tert-OH is 1. The van der Waals surface area contributed by atoms with Gasteiger partial charge in [-0.1, -0.05) is 96.6 Å². The zero-order chi connectivity index (χ0) is 30.7. The van der Waals surface area contributed by atoms with Crippen molar-refractivity contribution in [2.75, 3.05) is 19.7 Å². The third-order valence-electron chi connectivity index (χ3n) is 8.71. The molecular formula is C37H36N2O4S. The van der Waals surface area contributed by atoms with Gasteiger partial charge in [-0.15, -0.1) is 0 Å². The van der Waals surface area contributed by atoms with Crippen LogP contribution in [0, 0.1) is 12.8 Å². The highest BCUT2D eigenvalue weighted by atomic mass is 32.2. The van der Waals surface area contributed by atoms with Crippen molar-refractivity contribution >= 4 is 32.9 Å². The third kappa shape index (κ3) is 5.61. The third-order valence-corrected chi connectivity index (χ3v) is 10.4. The minimum Gasteiger partial charge on any atom is -0.396 e. The van der Waals surface area contributed by atoms with Crippen LogP contribution < -0.4 is 0 Å². The molecule has 1 aromatic heterocycles. The topological polar surface area (TPSA) is 79.6 Å². The van der Waals surface area contributed by atoms with E-state index in [2.05, 4.69) is 48.5 Å². The van der Waals surface area contributed by atoms with Gasteiger partial charge in [-0.2, -0.15) is 0 Å². The summed E-state index contributed by atoms with van der Waals surface area (Å²) >= 11 is 0. The standard InChI is InChI=1S/C37H36N2O4S/c1-28-17-20-33(21-18-28)44(42,43)39-26-29(34-15-8-9-16-35(34)39)19-22-36(41)38(23-10-24-40)27-32-25-37(32,30-11-4-2-5-12-30)31-13-6-3-7-14-31/h2-9,11-22,26,32,40H,10,23-25,27H2,1H3/b22-19+. The Morgan fingerprint density at radius 3 is 2.16 bits per heavy atom. The van der Waals surface area contributed by atoms with Gasteiger partial charge in [0.05, 0.1) is 10.4 Å². The van der Waals surface area contributed by atoms with Crippen molar-refractivity contribution in [1.29, 1.82) is 0 Å². The van der Waals surface area contributed by atoms with Crippen molar-refractivity contribution in [2.24, 2.45) is 5.92 Å². The molecule has 0 aliphatic heterocycles. The Morgan fingerprint density at radius 1 is 0.909 bits per heavy atom. The number of fused-ring (bicyclic) bond motifs is 1. The maximum absolute atomic E-state index is 13.7. The summed E-state index contributed by atoms with van der Waals surface area (Å²) < 4.78 is 28.5. The number of hydrogen-bond donors (Lipinski definition) is 1. The summed E-state index contributed by atoms with van der Waals surface area (Å²) in [4.78, 5) is 15.7. The number of benzene rings is 4. The van der Waals surface area contributed by atoms with Gasteiger partial charge in [-0.25, -0.2) is 12.4 Å². The van der Waals surface area contributed by atoms with Gasteiger partial charge in [0.25, 0.3) is 10.0 Å². The number of aliphatic hydroxyl groups is 1. The number of carbonyl (C=O) groups is 1. The van der Waals surface area contributed by atoms with E-state index in [0.717, 1.165) is 17.4 Å². The van der Waals surface area contributed by atoms with Gasteiger partial charge in [0, 0.05) is 48.3 Å². The van der Waals surface area contributed by atoms with E-state index in [0.29, 0.717) is 30.6 Å². The Labute approximate surface area is 258 Å². The molecule has 0 spiro atoms. The number of aromatic nitrogens is 1. The predicted octanol–water partition coefficient (Wildman–Crippen LogP) is 6.42. The van der Waals surface area contributed by atoms with Gasteiger partial charge in [-0.3, -0.25) is 4.79 Å². The molecule has 0 saturated heterocycles. The first kappa shape index (κ1) is 29.6. The van der Waals surface area contributed by atoms with E-state index in [-0.39, 0.29) is 28.7 Å². The first-order valence-corrected chi connectivity index (χ1v) is 16.4. The summed E-state index contributed by atoms with van der Waals surface area (Å²) in [5, 5.41) is 10.3. The zero-order valence-electron chi connectivity index (χ0n) is 24.7. The van der Waals surface area contributed by atoms with Gasteiger partial charge >= 0.3 is 0 Å². The number of nitrogens with zero attached hydrogens (tertiary/aromatic N) is 2. The first-order valence-electron chi connectivity index (χ1n) is 15.0. The van der Waals surface area contributed by atoms with Crippen LogP contribution in [0.25, 0.3) is 17.0 Å². The molecule has 1 fully saturated rings. The molecule has 4 aromatic carbocycles. The number of aryl methyl sites for hydroxylation is 1. The lowest BCUT2D eigenvalue weighted by Gasteiger charge is -2.25. The molecule has 44 heavy (non-hydrogen) atoms. The summed E-state index contributed by atoms with van der Waals surface area (Å²) in [5.41, 5.74) is 4.48. The second-order valence-corrected chi connectivity index (χ2v) is 13.3. The van der Waals surface area contributed by atoms with E-state index in [4.69, 9.17) is 0 Å². The Morgan fingerprint density at radius 2 is 1.52 bits per heavy atom. The molecule has 1 atom stereocenters. The highest BCUT2D eigenvalue weighted by molar-refractivity contribution is 7.90. The maximum Gasteiger partial charge on any atom is 0.268 e. The van der Waals surface area contributed by atoms with Gasteiger partial charge in [0.2, 0.25) is 5.91 Å². The van der Waals surface area contributed by atoms with Crippen molar-refractivity contribution in [3.63, 3.8) is 0 Å². The first-order chi connectivity index (χ1) is 21.3. The fraction of sp³-hybridized carbons (Fsp3) is 0.216. The average molecular weight is 605 g/mol. The highest BCUT2D eigenvalue weighted by Crippen LogP contribution is 2.59. The van der Waals surface area contributed by atoms with Crippen molar-refractivity contribution < 1.29 is 18.3 Å². The lowest BCUT2D eigenvalue weighted by molar-refractivity contribution is -0.126. The number of para-hydroxylation sites is 1. The van der Waals surface area contributed by atoms with Crippen LogP contribution in [-0.2, 0) is 20.2 Å². The van der Waals surface area contributed by atoms with Gasteiger partial charge in [0.1, 0.15) is 0 Å². The van der Waals surface area contributed by atoms with Crippen LogP contribution in [0.5, 0.6) is 0 Å². The molecule has 6 nitrogen and oxygen atoms in total. The molecule has 224 valence electrons. The maximum atomic E-state index is 13.7. The SMILES string of the molecule is Cc1ccc(S(=O)(=O)n2cc(/C=C/C(=O)N(CCCO)CC3CC3(c3ccccc3)c3ccccc3)c3ccccc32)cc1.